The normalized spacial score (nSPS) is 16.0. The summed E-state index contributed by atoms with van der Waals surface area (Å²) in [5, 5.41) is 2.86. The molecule has 1 aromatic heterocycles. The van der Waals surface area contributed by atoms with Gasteiger partial charge >= 0.3 is 6.55 Å². The molecule has 1 fully saturated rings. The number of benzene rings is 2. The van der Waals surface area contributed by atoms with Crippen LogP contribution >= 0.6 is 0 Å². The van der Waals surface area contributed by atoms with Gasteiger partial charge in [0.05, 0.1) is 11.0 Å². The fourth-order valence-electron chi connectivity index (χ4n) is 4.19. The van der Waals surface area contributed by atoms with Crippen LogP contribution in [0.5, 0.6) is 0 Å². The third-order valence-electron chi connectivity index (χ3n) is 5.90. The Kier molecular flexibility index (Phi) is 6.61. The molecular formula is C24H28F2N4O. The summed E-state index contributed by atoms with van der Waals surface area (Å²) in [4.78, 5) is 19.4. The number of nitrogens with zero attached hydrogens (tertiary/aromatic N) is 3. The van der Waals surface area contributed by atoms with Gasteiger partial charge in [0.2, 0.25) is 0 Å². The van der Waals surface area contributed by atoms with Gasteiger partial charge in [0.15, 0.2) is 0 Å². The number of alkyl halides is 2. The first-order valence-corrected chi connectivity index (χ1v) is 10.9. The van der Waals surface area contributed by atoms with Gasteiger partial charge in [0, 0.05) is 24.6 Å². The number of aromatic nitrogens is 2. The van der Waals surface area contributed by atoms with Gasteiger partial charge in [-0.05, 0) is 55.8 Å². The van der Waals surface area contributed by atoms with Gasteiger partial charge in [-0.2, -0.15) is 8.78 Å². The molecule has 0 unspecified atom stereocenters. The molecule has 4 rings (SSSR count). The lowest BCUT2D eigenvalue weighted by molar-refractivity contribution is 0.0704. The van der Waals surface area contributed by atoms with Crippen molar-refractivity contribution in [2.24, 2.45) is 0 Å². The number of imidazole rings is 1. The molecule has 5 nitrogen and oxygen atoms in total. The van der Waals surface area contributed by atoms with E-state index in [9.17, 15) is 13.6 Å². The SMILES string of the molecule is C[C@H](CNC(=O)c1ccc(CN2CCCCC2)cc1)c1nc2ccccc2n1C(F)F. The first-order chi connectivity index (χ1) is 15.0. The van der Waals surface area contributed by atoms with Crippen LogP contribution in [0.3, 0.4) is 0 Å². The number of para-hydroxylation sites is 2. The summed E-state index contributed by atoms with van der Waals surface area (Å²) in [6, 6.07) is 14.5. The van der Waals surface area contributed by atoms with Crippen molar-refractivity contribution in [1.82, 2.24) is 19.8 Å². The zero-order valence-corrected chi connectivity index (χ0v) is 17.7. The lowest BCUT2D eigenvalue weighted by atomic mass is 10.1. The number of nitrogens with one attached hydrogen (secondary N) is 1. The largest absolute Gasteiger partial charge is 0.351 e. The van der Waals surface area contributed by atoms with Crippen LogP contribution in [0.1, 0.15) is 60.4 Å². The Morgan fingerprint density at radius 3 is 2.48 bits per heavy atom. The lowest BCUT2D eigenvalue weighted by Crippen LogP contribution is -2.29. The van der Waals surface area contributed by atoms with Crippen molar-refractivity contribution in [3.8, 4) is 0 Å². The summed E-state index contributed by atoms with van der Waals surface area (Å²) in [5.41, 5.74) is 2.68. The molecule has 1 saturated heterocycles. The van der Waals surface area contributed by atoms with E-state index in [0.29, 0.717) is 16.6 Å². The summed E-state index contributed by atoms with van der Waals surface area (Å²) in [6.07, 6.45) is 3.80. The summed E-state index contributed by atoms with van der Waals surface area (Å²) < 4.78 is 28.3. The Hall–Kier alpha value is -2.80. The second-order valence-electron chi connectivity index (χ2n) is 8.25. The average Bonchev–Trinajstić information content (AvgIpc) is 3.18. The van der Waals surface area contributed by atoms with E-state index in [1.165, 1.54) is 24.8 Å². The number of rotatable bonds is 7. The molecule has 3 aromatic rings. The molecule has 0 spiro atoms. The average molecular weight is 427 g/mol. The van der Waals surface area contributed by atoms with Crippen molar-refractivity contribution in [2.75, 3.05) is 19.6 Å². The second kappa shape index (κ2) is 9.56. The predicted octanol–water partition coefficient (Wildman–Crippen LogP) is 4.95. The number of hydrogen-bond acceptors (Lipinski definition) is 3. The fraction of sp³-hybridized carbons (Fsp3) is 0.417. The van der Waals surface area contributed by atoms with Crippen molar-refractivity contribution in [1.29, 1.82) is 0 Å². The van der Waals surface area contributed by atoms with Crippen LogP contribution in [-0.2, 0) is 6.54 Å². The number of fused-ring (bicyclic) bond motifs is 1. The number of hydrogen-bond donors (Lipinski definition) is 1. The summed E-state index contributed by atoms with van der Waals surface area (Å²) >= 11 is 0. The van der Waals surface area contributed by atoms with E-state index in [-0.39, 0.29) is 24.2 Å². The van der Waals surface area contributed by atoms with Gasteiger partial charge in [0.1, 0.15) is 5.82 Å². The first kappa shape index (κ1) is 21.4. The van der Waals surface area contributed by atoms with Gasteiger partial charge in [0.25, 0.3) is 5.91 Å². The zero-order chi connectivity index (χ0) is 21.8. The van der Waals surface area contributed by atoms with Gasteiger partial charge in [-0.25, -0.2) is 4.98 Å². The number of piperidine rings is 1. The molecule has 2 aromatic carbocycles. The molecule has 0 saturated carbocycles. The van der Waals surface area contributed by atoms with Crippen LogP contribution in [0.15, 0.2) is 48.5 Å². The van der Waals surface area contributed by atoms with E-state index < -0.39 is 6.55 Å². The number of carbonyl (C=O) groups excluding carboxylic acids is 1. The van der Waals surface area contributed by atoms with Gasteiger partial charge < -0.3 is 5.32 Å². The van der Waals surface area contributed by atoms with Crippen LogP contribution in [0.4, 0.5) is 8.78 Å². The maximum absolute atomic E-state index is 13.7. The van der Waals surface area contributed by atoms with Crippen LogP contribution in [0.2, 0.25) is 0 Å². The molecule has 7 heteroatoms. The highest BCUT2D eigenvalue weighted by atomic mass is 19.3. The number of carbonyl (C=O) groups is 1. The first-order valence-electron chi connectivity index (χ1n) is 10.9. The third kappa shape index (κ3) is 4.93. The Balaban J connectivity index is 1.38. The third-order valence-corrected chi connectivity index (χ3v) is 5.90. The highest BCUT2D eigenvalue weighted by Gasteiger charge is 2.22. The minimum Gasteiger partial charge on any atom is -0.351 e. The molecule has 0 bridgehead atoms. The number of amides is 1. The quantitative estimate of drug-likeness (QED) is 0.582. The van der Waals surface area contributed by atoms with Gasteiger partial charge in [-0.15, -0.1) is 0 Å². The standard InChI is InChI=1S/C24H28F2N4O/c1-17(22-28-20-7-3-4-8-21(20)30(22)24(25)26)15-27-23(31)19-11-9-18(10-12-19)16-29-13-5-2-6-14-29/h3-4,7-12,17,24H,2,5-6,13-16H2,1H3,(H,27,31)/t17-/m1/s1. The van der Waals surface area contributed by atoms with Crippen molar-refractivity contribution >= 4 is 16.9 Å². The maximum Gasteiger partial charge on any atom is 0.320 e. The zero-order valence-electron chi connectivity index (χ0n) is 17.7. The molecule has 0 radical (unpaired) electrons. The molecule has 1 amide bonds. The molecular weight excluding hydrogens is 398 g/mol. The van der Waals surface area contributed by atoms with Gasteiger partial charge in [-0.3, -0.25) is 14.3 Å². The molecule has 31 heavy (non-hydrogen) atoms. The summed E-state index contributed by atoms with van der Waals surface area (Å²) in [5.74, 6) is -0.298. The molecule has 1 N–H and O–H groups in total. The summed E-state index contributed by atoms with van der Waals surface area (Å²) in [7, 11) is 0. The highest BCUT2D eigenvalue weighted by molar-refractivity contribution is 5.94. The Labute approximate surface area is 181 Å². The molecule has 1 aliphatic heterocycles. The van der Waals surface area contributed by atoms with E-state index in [1.54, 1.807) is 31.2 Å². The highest BCUT2D eigenvalue weighted by Crippen LogP contribution is 2.27. The predicted molar refractivity (Wildman–Crippen MR) is 117 cm³/mol. The van der Waals surface area contributed by atoms with Crippen LogP contribution < -0.4 is 5.32 Å². The van der Waals surface area contributed by atoms with E-state index >= 15 is 0 Å². The van der Waals surface area contributed by atoms with Crippen LogP contribution in [0, 0.1) is 0 Å². The number of likely N-dealkylation sites (tertiary alicyclic amines) is 1. The Bertz CT molecular complexity index is 1030. The monoisotopic (exact) mass is 426 g/mol. The van der Waals surface area contributed by atoms with Crippen LogP contribution in [0.25, 0.3) is 11.0 Å². The van der Waals surface area contributed by atoms with E-state index in [2.05, 4.69) is 15.2 Å². The number of halogens is 2. The van der Waals surface area contributed by atoms with E-state index in [1.807, 2.05) is 24.3 Å². The summed E-state index contributed by atoms with van der Waals surface area (Å²) in [6.45, 7) is 2.50. The molecule has 0 aliphatic carbocycles. The second-order valence-corrected chi connectivity index (χ2v) is 8.25. The van der Waals surface area contributed by atoms with E-state index in [0.717, 1.165) is 24.2 Å². The molecule has 164 valence electrons. The molecule has 1 atom stereocenters. The van der Waals surface area contributed by atoms with Crippen LogP contribution in [-0.4, -0.2) is 40.0 Å². The van der Waals surface area contributed by atoms with Crippen molar-refractivity contribution in [3.63, 3.8) is 0 Å². The molecule has 2 heterocycles. The minimum absolute atomic E-state index is 0.212. The Morgan fingerprint density at radius 2 is 1.77 bits per heavy atom. The van der Waals surface area contributed by atoms with Crippen molar-refractivity contribution < 1.29 is 13.6 Å². The smallest absolute Gasteiger partial charge is 0.320 e. The van der Waals surface area contributed by atoms with Crippen molar-refractivity contribution in [2.45, 2.75) is 45.2 Å². The minimum atomic E-state index is -2.69. The lowest BCUT2D eigenvalue weighted by Gasteiger charge is -2.26. The van der Waals surface area contributed by atoms with Crippen molar-refractivity contribution in [3.05, 3.63) is 65.5 Å². The Morgan fingerprint density at radius 1 is 1.06 bits per heavy atom. The van der Waals surface area contributed by atoms with Gasteiger partial charge in [-0.1, -0.05) is 37.6 Å². The topological polar surface area (TPSA) is 50.2 Å². The molecule has 1 aliphatic rings. The fourth-order valence-corrected chi connectivity index (χ4v) is 4.19. The van der Waals surface area contributed by atoms with E-state index in [4.69, 9.17) is 0 Å². The maximum atomic E-state index is 13.7.